The second-order valence-electron chi connectivity index (χ2n) is 1.24. The molecular formula is C7H16O. The molecule has 0 spiro atoms. The van der Waals surface area contributed by atoms with Crippen LogP contribution in [0.5, 0.6) is 0 Å². The van der Waals surface area contributed by atoms with E-state index in [0.717, 1.165) is 6.29 Å². The van der Waals surface area contributed by atoms with Gasteiger partial charge in [0, 0.05) is 7.85 Å². The van der Waals surface area contributed by atoms with Crippen molar-refractivity contribution in [1.82, 2.24) is 0 Å². The highest BCUT2D eigenvalue weighted by Crippen LogP contribution is 1.57. The molecule has 0 aromatic rings. The van der Waals surface area contributed by atoms with Crippen LogP contribution < -0.4 is 0 Å². The molecule has 0 atom stereocenters. The standard InChI is InChI=1S/C4H8.C3H6O.H2/c1-3-4-2;1-2-3-4;/h3-4H,1-2H3;3H,2H2,1H3;1H/b4-3+;;/i;;1+1. The average molecular weight is 117 g/mol. The van der Waals surface area contributed by atoms with E-state index < -0.39 is 0 Å². The molecule has 0 fully saturated rings. The van der Waals surface area contributed by atoms with Crippen molar-refractivity contribution in [3.63, 3.8) is 0 Å². The maximum atomic E-state index is 9.17. The van der Waals surface area contributed by atoms with E-state index >= 15 is 0 Å². The maximum Gasteiger partial charge on any atom is 0.119 e. The van der Waals surface area contributed by atoms with E-state index in [1.807, 2.05) is 32.9 Å². The highest BCUT2D eigenvalue weighted by atomic mass is 16.1. The minimum Gasteiger partial charge on any atom is -0.303 e. The monoisotopic (exact) mass is 117 g/mol. The molecule has 0 radical (unpaired) electrons. The lowest BCUT2D eigenvalue weighted by atomic mass is 10.6. The fourth-order valence-corrected chi connectivity index (χ4v) is 0. The van der Waals surface area contributed by atoms with E-state index in [0.29, 0.717) is 6.42 Å². The smallest absolute Gasteiger partial charge is 0.119 e. The highest BCUT2D eigenvalue weighted by molar-refractivity contribution is 5.48. The van der Waals surface area contributed by atoms with E-state index in [2.05, 4.69) is 0 Å². The van der Waals surface area contributed by atoms with Crippen molar-refractivity contribution >= 4 is 6.29 Å². The third-order valence-corrected chi connectivity index (χ3v) is 0.500. The minimum absolute atomic E-state index is 0. The van der Waals surface area contributed by atoms with Gasteiger partial charge >= 0.3 is 0 Å². The van der Waals surface area contributed by atoms with Crippen LogP contribution in [0.2, 0.25) is 0 Å². The third-order valence-electron chi connectivity index (χ3n) is 0.500. The van der Waals surface area contributed by atoms with Crippen molar-refractivity contribution in [1.29, 1.82) is 0 Å². The van der Waals surface area contributed by atoms with Crippen molar-refractivity contribution < 1.29 is 6.22 Å². The van der Waals surface area contributed by atoms with Gasteiger partial charge < -0.3 is 4.79 Å². The molecule has 0 N–H and O–H groups in total. The van der Waals surface area contributed by atoms with E-state index in [9.17, 15) is 4.79 Å². The van der Waals surface area contributed by atoms with Crippen LogP contribution in [-0.4, -0.2) is 6.29 Å². The Morgan fingerprint density at radius 3 is 1.62 bits per heavy atom. The second-order valence-corrected chi connectivity index (χ2v) is 1.24. The van der Waals surface area contributed by atoms with Gasteiger partial charge in [-0.1, -0.05) is 19.1 Å². The summed E-state index contributed by atoms with van der Waals surface area (Å²) >= 11 is 0. The second kappa shape index (κ2) is 16.1. The third kappa shape index (κ3) is 52.9. The Labute approximate surface area is 52.9 Å². The van der Waals surface area contributed by atoms with E-state index in [1.54, 1.807) is 0 Å². The predicted octanol–water partition coefficient (Wildman–Crippen LogP) is 2.42. The Morgan fingerprint density at radius 1 is 1.38 bits per heavy atom. The molecule has 0 amide bonds. The summed E-state index contributed by atoms with van der Waals surface area (Å²) in [5, 5.41) is 0. The predicted molar refractivity (Wildman–Crippen MR) is 39.0 cm³/mol. The molecule has 0 aliphatic rings. The molecule has 0 aliphatic heterocycles. The van der Waals surface area contributed by atoms with Gasteiger partial charge in [-0.25, -0.2) is 0 Å². The number of hydrogen-bond donors (Lipinski definition) is 0. The van der Waals surface area contributed by atoms with Crippen LogP contribution in [0.4, 0.5) is 0 Å². The molecule has 0 aromatic heterocycles. The van der Waals surface area contributed by atoms with Gasteiger partial charge in [0.1, 0.15) is 6.29 Å². The number of aldehydes is 1. The largest absolute Gasteiger partial charge is 0.303 e. The Bertz CT molecular complexity index is 55.9. The van der Waals surface area contributed by atoms with Crippen molar-refractivity contribution in [2.24, 2.45) is 0 Å². The van der Waals surface area contributed by atoms with Crippen LogP contribution in [0.3, 0.4) is 0 Å². The van der Waals surface area contributed by atoms with Gasteiger partial charge in [0.2, 0.25) is 0 Å². The molecule has 0 rings (SSSR count). The molecule has 0 aromatic carbocycles. The zero-order valence-corrected chi connectivity index (χ0v) is 5.85. The van der Waals surface area contributed by atoms with Crippen molar-refractivity contribution in [2.45, 2.75) is 27.2 Å². The Morgan fingerprint density at radius 2 is 1.62 bits per heavy atom. The van der Waals surface area contributed by atoms with E-state index in [-0.39, 0.29) is 1.43 Å². The summed E-state index contributed by atoms with van der Waals surface area (Å²) in [7, 11) is 0. The molecule has 50 valence electrons. The summed E-state index contributed by atoms with van der Waals surface area (Å²) in [6, 6.07) is 0. The van der Waals surface area contributed by atoms with Gasteiger partial charge in [0.25, 0.3) is 0 Å². The van der Waals surface area contributed by atoms with Gasteiger partial charge in [-0.15, -0.1) is 0 Å². The molecule has 0 bridgehead atoms. The van der Waals surface area contributed by atoms with Crippen LogP contribution in [0.25, 0.3) is 0 Å². The molecule has 1 nitrogen and oxygen atoms in total. The first-order valence-corrected chi connectivity index (χ1v) is 2.84. The lowest BCUT2D eigenvalue weighted by molar-refractivity contribution is -0.107. The molecule has 0 aliphatic carbocycles. The molecular weight excluding hydrogens is 100 g/mol. The Balaban J connectivity index is -0.0000000720. The fraction of sp³-hybridized carbons (Fsp3) is 0.571. The number of carbonyl (C=O) groups excluding carboxylic acids is 1. The summed E-state index contributed by atoms with van der Waals surface area (Å²) < 4.78 is 0. The summed E-state index contributed by atoms with van der Waals surface area (Å²) in [6.45, 7) is 5.81. The van der Waals surface area contributed by atoms with Gasteiger partial charge in [-0.2, -0.15) is 0 Å². The van der Waals surface area contributed by atoms with Gasteiger partial charge in [-0.05, 0) is 13.8 Å². The van der Waals surface area contributed by atoms with Crippen molar-refractivity contribution in [2.75, 3.05) is 0 Å². The van der Waals surface area contributed by atoms with Crippen LogP contribution in [0.15, 0.2) is 12.2 Å². The first-order chi connectivity index (χ1) is 3.83. The summed E-state index contributed by atoms with van der Waals surface area (Å²) in [5.74, 6) is 0. The topological polar surface area (TPSA) is 17.1 Å². The first-order valence-electron chi connectivity index (χ1n) is 2.84. The van der Waals surface area contributed by atoms with Crippen molar-refractivity contribution in [3.05, 3.63) is 12.2 Å². The van der Waals surface area contributed by atoms with Gasteiger partial charge in [0.15, 0.2) is 0 Å². The highest BCUT2D eigenvalue weighted by Gasteiger charge is 1.52. The zero-order valence-electron chi connectivity index (χ0n) is 5.85. The normalized spacial score (nSPS) is 7.88. The number of rotatable bonds is 1. The van der Waals surface area contributed by atoms with E-state index in [4.69, 9.17) is 0 Å². The molecule has 1 heteroatoms. The summed E-state index contributed by atoms with van der Waals surface area (Å²) in [6.07, 6.45) is 5.51. The van der Waals surface area contributed by atoms with Crippen molar-refractivity contribution in [3.8, 4) is 0 Å². The quantitative estimate of drug-likeness (QED) is 0.381. The summed E-state index contributed by atoms with van der Waals surface area (Å²) in [5.41, 5.74) is 0. The summed E-state index contributed by atoms with van der Waals surface area (Å²) in [4.78, 5) is 9.17. The maximum absolute atomic E-state index is 9.17. The lowest BCUT2D eigenvalue weighted by Crippen LogP contribution is -1.55. The SMILES string of the molecule is C/C=C/C.CCC=O.[2HH]. The first kappa shape index (κ1) is 10.4. The van der Waals surface area contributed by atoms with Crippen LogP contribution in [0.1, 0.15) is 28.6 Å². The molecule has 0 heterocycles. The molecule has 0 saturated heterocycles. The van der Waals surface area contributed by atoms with E-state index in [1.165, 1.54) is 0 Å². The lowest BCUT2D eigenvalue weighted by Gasteiger charge is -1.51. The number of hydrogen-bond acceptors (Lipinski definition) is 1. The number of allylic oxidation sites excluding steroid dienone is 2. The molecule has 0 saturated carbocycles. The van der Waals surface area contributed by atoms with Crippen LogP contribution >= 0.6 is 0 Å². The molecule has 8 heavy (non-hydrogen) atoms. The number of carbonyl (C=O) groups is 1. The zero-order chi connectivity index (χ0) is 6.83. The fourth-order valence-electron chi connectivity index (χ4n) is 0. The molecule has 0 unspecified atom stereocenters. The average Bonchev–Trinajstić information content (AvgIpc) is 1.88. The van der Waals surface area contributed by atoms with Gasteiger partial charge in [0.05, 0.1) is 0 Å². The van der Waals surface area contributed by atoms with Crippen LogP contribution in [0, 0.1) is 0 Å². The Hall–Kier alpha value is -0.590. The van der Waals surface area contributed by atoms with Gasteiger partial charge in [-0.3, -0.25) is 0 Å². The van der Waals surface area contributed by atoms with Crippen LogP contribution in [-0.2, 0) is 4.79 Å². The Kier molecular flexibility index (Phi) is 21.0. The minimum atomic E-state index is 0.